The van der Waals surface area contributed by atoms with Gasteiger partial charge in [0.1, 0.15) is 6.61 Å². The van der Waals surface area contributed by atoms with E-state index in [0.717, 1.165) is 11.1 Å². The molecular formula is C22H18Cl3N3O2. The highest BCUT2D eigenvalue weighted by molar-refractivity contribution is 6.37. The van der Waals surface area contributed by atoms with Crippen LogP contribution in [0.1, 0.15) is 16.7 Å². The van der Waals surface area contributed by atoms with Crippen molar-refractivity contribution in [2.75, 3.05) is 5.32 Å². The van der Waals surface area contributed by atoms with Crippen LogP contribution in [0.3, 0.4) is 0 Å². The van der Waals surface area contributed by atoms with Gasteiger partial charge in [0.05, 0.1) is 16.3 Å². The lowest BCUT2D eigenvalue weighted by atomic mass is 10.2. The number of halogens is 3. The predicted octanol–water partition coefficient (Wildman–Crippen LogP) is 6.69. The highest BCUT2D eigenvalue weighted by atomic mass is 35.5. The van der Waals surface area contributed by atoms with Gasteiger partial charge >= 0.3 is 6.03 Å². The second-order valence-electron chi connectivity index (χ2n) is 6.33. The van der Waals surface area contributed by atoms with E-state index in [1.807, 2.05) is 43.3 Å². The standard InChI is InChI=1S/C22H18Cl3N3O2/c1-14-6-2-5-9-20(14)27-22(29)28-26-12-15-10-18(24)21(19(25)11-15)30-13-16-7-3-4-8-17(16)23/h2-12H,13H2,1H3,(H2,27,28,29). The van der Waals surface area contributed by atoms with Crippen LogP contribution in [0, 0.1) is 6.92 Å². The maximum atomic E-state index is 12.0. The van der Waals surface area contributed by atoms with E-state index in [2.05, 4.69) is 15.8 Å². The monoisotopic (exact) mass is 461 g/mol. The molecule has 3 aromatic carbocycles. The highest BCUT2D eigenvalue weighted by Gasteiger charge is 2.11. The van der Waals surface area contributed by atoms with Gasteiger partial charge in [-0.05, 0) is 42.3 Å². The number of para-hydroxylation sites is 1. The topological polar surface area (TPSA) is 62.7 Å². The molecule has 0 aliphatic rings. The number of hydrazone groups is 1. The molecule has 0 aliphatic carbocycles. The van der Waals surface area contributed by atoms with Gasteiger partial charge in [-0.3, -0.25) is 0 Å². The zero-order valence-corrected chi connectivity index (χ0v) is 18.2. The Balaban J connectivity index is 1.61. The summed E-state index contributed by atoms with van der Waals surface area (Å²) >= 11 is 18.7. The number of urea groups is 1. The summed E-state index contributed by atoms with van der Waals surface area (Å²) in [6, 6.07) is 17.6. The Morgan fingerprint density at radius 2 is 1.67 bits per heavy atom. The molecule has 8 heteroatoms. The molecule has 0 aromatic heterocycles. The minimum atomic E-state index is -0.461. The molecular weight excluding hydrogens is 445 g/mol. The second-order valence-corrected chi connectivity index (χ2v) is 7.55. The lowest BCUT2D eigenvalue weighted by molar-refractivity contribution is 0.252. The van der Waals surface area contributed by atoms with E-state index in [1.165, 1.54) is 6.21 Å². The normalized spacial score (nSPS) is 10.8. The van der Waals surface area contributed by atoms with Crippen LogP contribution in [0.25, 0.3) is 0 Å². The first-order valence-corrected chi connectivity index (χ1v) is 10.1. The maximum Gasteiger partial charge on any atom is 0.339 e. The molecule has 0 fully saturated rings. The summed E-state index contributed by atoms with van der Waals surface area (Å²) in [7, 11) is 0. The van der Waals surface area contributed by atoms with Gasteiger partial charge in [0.2, 0.25) is 0 Å². The van der Waals surface area contributed by atoms with Crippen molar-refractivity contribution in [3.05, 3.63) is 92.4 Å². The van der Waals surface area contributed by atoms with E-state index in [0.29, 0.717) is 32.1 Å². The lowest BCUT2D eigenvalue weighted by Crippen LogP contribution is -2.24. The van der Waals surface area contributed by atoms with Crippen LogP contribution in [0.2, 0.25) is 15.1 Å². The molecule has 2 amide bonds. The van der Waals surface area contributed by atoms with Gasteiger partial charge < -0.3 is 10.1 Å². The van der Waals surface area contributed by atoms with E-state index >= 15 is 0 Å². The van der Waals surface area contributed by atoms with Crippen molar-refractivity contribution in [1.29, 1.82) is 0 Å². The Bertz CT molecular complexity index is 1060. The predicted molar refractivity (Wildman–Crippen MR) is 123 cm³/mol. The summed E-state index contributed by atoms with van der Waals surface area (Å²) < 4.78 is 5.74. The molecule has 30 heavy (non-hydrogen) atoms. The van der Waals surface area contributed by atoms with Gasteiger partial charge in [-0.1, -0.05) is 71.2 Å². The number of hydrogen-bond acceptors (Lipinski definition) is 3. The van der Waals surface area contributed by atoms with Gasteiger partial charge in [0.15, 0.2) is 5.75 Å². The van der Waals surface area contributed by atoms with E-state index in [9.17, 15) is 4.79 Å². The maximum absolute atomic E-state index is 12.0. The number of nitrogens with zero attached hydrogens (tertiary/aromatic N) is 1. The Labute approximate surface area is 189 Å². The number of carbonyl (C=O) groups is 1. The number of nitrogens with one attached hydrogen (secondary N) is 2. The quantitative estimate of drug-likeness (QED) is 0.316. The number of benzene rings is 3. The number of anilines is 1. The summed E-state index contributed by atoms with van der Waals surface area (Å²) in [4.78, 5) is 12.0. The lowest BCUT2D eigenvalue weighted by Gasteiger charge is -2.11. The first-order valence-electron chi connectivity index (χ1n) is 8.95. The van der Waals surface area contributed by atoms with E-state index < -0.39 is 6.03 Å². The summed E-state index contributed by atoms with van der Waals surface area (Å²) in [6.45, 7) is 2.13. The summed E-state index contributed by atoms with van der Waals surface area (Å²) in [5, 5.41) is 7.88. The second kappa shape index (κ2) is 10.3. The fourth-order valence-corrected chi connectivity index (χ4v) is 3.39. The molecule has 5 nitrogen and oxygen atoms in total. The minimum absolute atomic E-state index is 0.229. The van der Waals surface area contributed by atoms with E-state index in [-0.39, 0.29) is 6.61 Å². The molecule has 0 bridgehead atoms. The minimum Gasteiger partial charge on any atom is -0.486 e. The van der Waals surface area contributed by atoms with Gasteiger partial charge in [-0.15, -0.1) is 0 Å². The third-order valence-electron chi connectivity index (χ3n) is 4.12. The molecule has 0 unspecified atom stereocenters. The van der Waals surface area contributed by atoms with Crippen LogP contribution in [0.4, 0.5) is 10.5 Å². The Morgan fingerprint density at radius 1 is 1.00 bits per heavy atom. The first kappa shape index (κ1) is 22.0. The van der Waals surface area contributed by atoms with Crippen molar-refractivity contribution in [2.45, 2.75) is 13.5 Å². The molecule has 3 rings (SSSR count). The SMILES string of the molecule is Cc1ccccc1NC(=O)NN=Cc1cc(Cl)c(OCc2ccccc2Cl)c(Cl)c1. The molecule has 0 radical (unpaired) electrons. The van der Waals surface area contributed by atoms with Gasteiger partial charge in [0, 0.05) is 16.3 Å². The average molecular weight is 463 g/mol. The average Bonchev–Trinajstić information content (AvgIpc) is 2.70. The van der Waals surface area contributed by atoms with Crippen LogP contribution in [0.5, 0.6) is 5.75 Å². The van der Waals surface area contributed by atoms with Gasteiger partial charge in [0.25, 0.3) is 0 Å². The largest absolute Gasteiger partial charge is 0.486 e. The van der Waals surface area contributed by atoms with E-state index in [1.54, 1.807) is 24.3 Å². The van der Waals surface area contributed by atoms with Crippen molar-refractivity contribution >= 4 is 52.7 Å². The molecule has 0 heterocycles. The van der Waals surface area contributed by atoms with Crippen molar-refractivity contribution in [3.63, 3.8) is 0 Å². The zero-order valence-electron chi connectivity index (χ0n) is 16.0. The number of ether oxygens (including phenoxy) is 1. The third kappa shape index (κ3) is 5.89. The molecule has 0 atom stereocenters. The van der Waals surface area contributed by atoms with Crippen LogP contribution in [-0.4, -0.2) is 12.2 Å². The smallest absolute Gasteiger partial charge is 0.339 e. The molecule has 154 valence electrons. The molecule has 2 N–H and O–H groups in total. The van der Waals surface area contributed by atoms with Crippen LogP contribution in [0.15, 0.2) is 65.8 Å². The van der Waals surface area contributed by atoms with Gasteiger partial charge in [-0.2, -0.15) is 5.10 Å². The van der Waals surface area contributed by atoms with Crippen molar-refractivity contribution in [1.82, 2.24) is 5.43 Å². The highest BCUT2D eigenvalue weighted by Crippen LogP contribution is 2.34. The Hall–Kier alpha value is -2.73. The third-order valence-corrected chi connectivity index (χ3v) is 5.05. The van der Waals surface area contributed by atoms with Gasteiger partial charge in [-0.25, -0.2) is 10.2 Å². The number of carbonyl (C=O) groups excluding carboxylic acids is 1. The van der Waals surface area contributed by atoms with Crippen molar-refractivity contribution < 1.29 is 9.53 Å². The summed E-state index contributed by atoms with van der Waals surface area (Å²) in [5.41, 5.74) is 5.48. The number of aryl methyl sites for hydroxylation is 1. The van der Waals surface area contributed by atoms with Crippen LogP contribution < -0.4 is 15.5 Å². The Morgan fingerprint density at radius 3 is 2.37 bits per heavy atom. The van der Waals surface area contributed by atoms with E-state index in [4.69, 9.17) is 39.5 Å². The summed E-state index contributed by atoms with van der Waals surface area (Å²) in [5.74, 6) is 0.348. The Kier molecular flexibility index (Phi) is 7.57. The molecule has 0 spiro atoms. The van der Waals surface area contributed by atoms with Crippen molar-refractivity contribution in [2.24, 2.45) is 5.10 Å². The number of amides is 2. The molecule has 3 aromatic rings. The molecule has 0 aliphatic heterocycles. The number of hydrogen-bond donors (Lipinski definition) is 2. The zero-order chi connectivity index (χ0) is 21.5. The number of rotatable bonds is 6. The van der Waals surface area contributed by atoms with Crippen molar-refractivity contribution in [3.8, 4) is 5.75 Å². The van der Waals surface area contributed by atoms with Crippen LogP contribution in [-0.2, 0) is 6.61 Å². The molecule has 0 saturated carbocycles. The van der Waals surface area contributed by atoms with Crippen LogP contribution >= 0.6 is 34.8 Å². The first-order chi connectivity index (χ1) is 14.4. The fraction of sp³-hybridized carbons (Fsp3) is 0.0909. The fourth-order valence-electron chi connectivity index (χ4n) is 2.59. The molecule has 0 saturated heterocycles. The summed E-state index contributed by atoms with van der Waals surface area (Å²) in [6.07, 6.45) is 1.44.